The molecule has 11 heavy (non-hydrogen) atoms. The van der Waals surface area contributed by atoms with Gasteiger partial charge in [-0.25, -0.2) is 0 Å². The molecule has 0 amide bonds. The highest BCUT2D eigenvalue weighted by Gasteiger charge is 2.02. The van der Waals surface area contributed by atoms with Crippen molar-refractivity contribution in [2.45, 2.75) is 13.3 Å². The average Bonchev–Trinajstić information content (AvgIpc) is 1.86. The Morgan fingerprint density at radius 2 is 2.27 bits per heavy atom. The topological polar surface area (TPSA) is 50.2 Å². The highest BCUT2D eigenvalue weighted by atomic mass is 32.2. The standard InChI is InChI=1S/C7H13NO2S/c1-6(8)5-7(9)10-3-4-11-2/h8H,3-5H2,1-2H3. The fraction of sp³-hybridized carbons (Fsp3) is 0.714. The van der Waals surface area contributed by atoms with E-state index in [1.807, 2.05) is 6.26 Å². The lowest BCUT2D eigenvalue weighted by molar-refractivity contribution is -0.141. The minimum absolute atomic E-state index is 0.119. The molecule has 0 aromatic heterocycles. The van der Waals surface area contributed by atoms with Crippen molar-refractivity contribution in [1.82, 2.24) is 0 Å². The largest absolute Gasteiger partial charge is 0.465 e. The van der Waals surface area contributed by atoms with Gasteiger partial charge in [-0.3, -0.25) is 4.79 Å². The molecule has 0 radical (unpaired) electrons. The number of carbonyl (C=O) groups excluding carboxylic acids is 1. The van der Waals surface area contributed by atoms with Crippen LogP contribution in [-0.2, 0) is 9.53 Å². The maximum absolute atomic E-state index is 10.8. The molecule has 0 atom stereocenters. The molecule has 0 aliphatic heterocycles. The van der Waals surface area contributed by atoms with Crippen LogP contribution in [0.1, 0.15) is 13.3 Å². The van der Waals surface area contributed by atoms with Crippen molar-refractivity contribution in [1.29, 1.82) is 5.41 Å². The van der Waals surface area contributed by atoms with Gasteiger partial charge in [-0.05, 0) is 13.2 Å². The number of rotatable bonds is 5. The molecule has 0 aliphatic carbocycles. The fourth-order valence-corrected chi connectivity index (χ4v) is 0.756. The van der Waals surface area contributed by atoms with Crippen molar-refractivity contribution in [3.8, 4) is 0 Å². The summed E-state index contributed by atoms with van der Waals surface area (Å²) in [6.07, 6.45) is 2.07. The summed E-state index contributed by atoms with van der Waals surface area (Å²) in [5, 5.41) is 7.00. The Labute approximate surface area is 71.0 Å². The van der Waals surface area contributed by atoms with E-state index in [4.69, 9.17) is 10.1 Å². The lowest BCUT2D eigenvalue weighted by Crippen LogP contribution is -2.10. The van der Waals surface area contributed by atoms with Gasteiger partial charge in [-0.15, -0.1) is 0 Å². The van der Waals surface area contributed by atoms with Gasteiger partial charge in [-0.2, -0.15) is 11.8 Å². The zero-order valence-corrected chi connectivity index (χ0v) is 7.66. The van der Waals surface area contributed by atoms with Gasteiger partial charge in [0.15, 0.2) is 0 Å². The third kappa shape index (κ3) is 7.39. The van der Waals surface area contributed by atoms with Crippen molar-refractivity contribution in [3.05, 3.63) is 0 Å². The third-order valence-corrected chi connectivity index (χ3v) is 1.53. The number of hydrogen-bond acceptors (Lipinski definition) is 4. The van der Waals surface area contributed by atoms with Crippen LogP contribution in [0.15, 0.2) is 0 Å². The molecule has 0 rings (SSSR count). The van der Waals surface area contributed by atoms with Gasteiger partial charge in [0.05, 0.1) is 6.42 Å². The summed E-state index contributed by atoms with van der Waals surface area (Å²) in [4.78, 5) is 10.8. The molecule has 0 saturated heterocycles. The number of carbonyl (C=O) groups is 1. The van der Waals surface area contributed by atoms with Gasteiger partial charge in [0, 0.05) is 11.5 Å². The van der Waals surface area contributed by atoms with Crippen LogP contribution in [0.2, 0.25) is 0 Å². The van der Waals surface area contributed by atoms with Crippen LogP contribution < -0.4 is 0 Å². The van der Waals surface area contributed by atoms with Crippen LogP contribution >= 0.6 is 11.8 Å². The van der Waals surface area contributed by atoms with E-state index in [0.29, 0.717) is 12.3 Å². The Bertz CT molecular complexity index is 147. The Morgan fingerprint density at radius 1 is 1.64 bits per heavy atom. The smallest absolute Gasteiger partial charge is 0.311 e. The van der Waals surface area contributed by atoms with Crippen LogP contribution in [0.25, 0.3) is 0 Å². The lowest BCUT2D eigenvalue weighted by atomic mass is 10.3. The first-order valence-corrected chi connectivity index (χ1v) is 4.74. The van der Waals surface area contributed by atoms with Gasteiger partial charge in [0.25, 0.3) is 0 Å². The summed E-state index contributed by atoms with van der Waals surface area (Å²) in [5.41, 5.74) is 0.346. The van der Waals surface area contributed by atoms with Crippen LogP contribution in [0, 0.1) is 5.41 Å². The average molecular weight is 175 g/mol. The summed E-state index contributed by atoms with van der Waals surface area (Å²) in [7, 11) is 0. The van der Waals surface area contributed by atoms with Gasteiger partial charge in [-0.1, -0.05) is 0 Å². The Morgan fingerprint density at radius 3 is 2.73 bits per heavy atom. The van der Waals surface area contributed by atoms with E-state index in [1.54, 1.807) is 18.7 Å². The van der Waals surface area contributed by atoms with Crippen molar-refractivity contribution < 1.29 is 9.53 Å². The van der Waals surface area contributed by atoms with Crippen LogP contribution in [0.4, 0.5) is 0 Å². The first kappa shape index (κ1) is 10.5. The monoisotopic (exact) mass is 175 g/mol. The maximum Gasteiger partial charge on any atom is 0.311 e. The Kier molecular flexibility index (Phi) is 5.93. The van der Waals surface area contributed by atoms with Gasteiger partial charge in [0.1, 0.15) is 6.61 Å². The first-order valence-electron chi connectivity index (χ1n) is 3.35. The molecule has 0 aromatic rings. The summed E-state index contributed by atoms with van der Waals surface area (Å²) in [5.74, 6) is 0.523. The maximum atomic E-state index is 10.8. The van der Waals surface area contributed by atoms with E-state index >= 15 is 0 Å². The summed E-state index contributed by atoms with van der Waals surface area (Å²) in [6, 6.07) is 0. The Balaban J connectivity index is 3.30. The van der Waals surface area contributed by atoms with Crippen LogP contribution in [0.3, 0.4) is 0 Å². The highest BCUT2D eigenvalue weighted by molar-refractivity contribution is 7.98. The molecule has 0 bridgehead atoms. The molecule has 0 fully saturated rings. The van der Waals surface area contributed by atoms with E-state index in [0.717, 1.165) is 5.75 Å². The second kappa shape index (κ2) is 6.22. The molecule has 1 N–H and O–H groups in total. The van der Waals surface area contributed by atoms with E-state index in [-0.39, 0.29) is 12.4 Å². The molecule has 0 unspecified atom stereocenters. The Hall–Kier alpha value is -0.510. The number of ether oxygens (including phenoxy) is 1. The third-order valence-electron chi connectivity index (χ3n) is 0.960. The van der Waals surface area contributed by atoms with Crippen molar-refractivity contribution in [2.75, 3.05) is 18.6 Å². The second-order valence-corrected chi connectivity index (χ2v) is 3.16. The van der Waals surface area contributed by atoms with E-state index < -0.39 is 0 Å². The van der Waals surface area contributed by atoms with E-state index in [2.05, 4.69) is 0 Å². The number of hydrogen-bond donors (Lipinski definition) is 1. The zero-order chi connectivity index (χ0) is 8.69. The SMILES string of the molecule is CSCCOC(=O)CC(C)=N. The molecule has 4 heteroatoms. The van der Waals surface area contributed by atoms with Crippen molar-refractivity contribution in [2.24, 2.45) is 0 Å². The zero-order valence-electron chi connectivity index (χ0n) is 6.85. The fourth-order valence-electron chi connectivity index (χ4n) is 0.506. The number of nitrogens with one attached hydrogen (secondary N) is 1. The summed E-state index contributed by atoms with van der Waals surface area (Å²) < 4.78 is 4.79. The minimum atomic E-state index is -0.299. The van der Waals surface area contributed by atoms with Gasteiger partial charge >= 0.3 is 5.97 Å². The predicted octanol–water partition coefficient (Wildman–Crippen LogP) is 1.32. The molecule has 0 heterocycles. The normalized spacial score (nSPS) is 9.27. The molecule has 3 nitrogen and oxygen atoms in total. The molecule has 0 spiro atoms. The second-order valence-electron chi connectivity index (χ2n) is 2.17. The van der Waals surface area contributed by atoms with E-state index in [9.17, 15) is 4.79 Å². The molecular weight excluding hydrogens is 162 g/mol. The summed E-state index contributed by atoms with van der Waals surface area (Å²) in [6.45, 7) is 2.04. The molecule has 0 saturated carbocycles. The van der Waals surface area contributed by atoms with Crippen LogP contribution in [-0.4, -0.2) is 30.3 Å². The quantitative estimate of drug-likeness (QED) is 0.389. The van der Waals surface area contributed by atoms with Gasteiger partial charge in [0.2, 0.25) is 0 Å². The predicted molar refractivity (Wildman–Crippen MR) is 47.4 cm³/mol. The number of thioether (sulfide) groups is 1. The van der Waals surface area contributed by atoms with E-state index in [1.165, 1.54) is 0 Å². The summed E-state index contributed by atoms with van der Waals surface area (Å²) >= 11 is 1.63. The minimum Gasteiger partial charge on any atom is -0.465 e. The van der Waals surface area contributed by atoms with Crippen molar-refractivity contribution >= 4 is 23.4 Å². The molecule has 64 valence electrons. The van der Waals surface area contributed by atoms with Crippen LogP contribution in [0.5, 0.6) is 0 Å². The van der Waals surface area contributed by atoms with Crippen molar-refractivity contribution in [3.63, 3.8) is 0 Å². The molecular formula is C7H13NO2S. The lowest BCUT2D eigenvalue weighted by Gasteiger charge is -2.01. The molecule has 0 aliphatic rings. The van der Waals surface area contributed by atoms with Gasteiger partial charge < -0.3 is 10.1 Å². The highest BCUT2D eigenvalue weighted by Crippen LogP contribution is 1.93. The number of esters is 1. The first-order chi connectivity index (χ1) is 5.16. The molecule has 0 aromatic carbocycles.